The second-order valence-corrected chi connectivity index (χ2v) is 8.14. The van der Waals surface area contributed by atoms with E-state index in [1.165, 1.54) is 12.4 Å². The van der Waals surface area contributed by atoms with Crippen LogP contribution in [0.4, 0.5) is 13.2 Å². The highest BCUT2D eigenvalue weighted by molar-refractivity contribution is 5.99. The lowest BCUT2D eigenvalue weighted by molar-refractivity contribution is -0.134. The summed E-state index contributed by atoms with van der Waals surface area (Å²) < 4.78 is 37.6. The van der Waals surface area contributed by atoms with Crippen molar-refractivity contribution in [1.29, 1.82) is 0 Å². The maximum Gasteiger partial charge on any atom is 0.389 e. The molecule has 178 valence electrons. The Morgan fingerprint density at radius 2 is 2.06 bits per heavy atom. The predicted molar refractivity (Wildman–Crippen MR) is 114 cm³/mol. The molecular weight excluding hydrogens is 437 g/mol. The van der Waals surface area contributed by atoms with Crippen LogP contribution in [0.3, 0.4) is 0 Å². The summed E-state index contributed by atoms with van der Waals surface area (Å²) in [7, 11) is 0. The van der Waals surface area contributed by atoms with E-state index in [0.717, 1.165) is 5.56 Å². The van der Waals surface area contributed by atoms with Crippen LogP contribution in [0.1, 0.15) is 64.2 Å². The van der Waals surface area contributed by atoms with Crippen molar-refractivity contribution in [2.75, 3.05) is 13.2 Å². The molecule has 0 aromatic carbocycles. The minimum absolute atomic E-state index is 0.0156. The molecule has 1 aliphatic heterocycles. The maximum atomic E-state index is 13.0. The zero-order valence-electron chi connectivity index (χ0n) is 18.6. The highest BCUT2D eigenvalue weighted by Gasteiger charge is 2.34. The molecule has 0 fully saturated rings. The lowest BCUT2D eigenvalue weighted by Crippen LogP contribution is -2.28. The van der Waals surface area contributed by atoms with Gasteiger partial charge in [-0.15, -0.1) is 0 Å². The van der Waals surface area contributed by atoms with Crippen molar-refractivity contribution in [3.63, 3.8) is 0 Å². The normalized spacial score (nSPS) is 14.4. The molecule has 2 aromatic rings. The van der Waals surface area contributed by atoms with Crippen molar-refractivity contribution in [3.05, 3.63) is 58.2 Å². The first-order valence-electron chi connectivity index (χ1n) is 10.8. The van der Waals surface area contributed by atoms with Gasteiger partial charge in [-0.25, -0.2) is 0 Å². The molecule has 1 aliphatic rings. The number of halogens is 3. The number of pyridine rings is 2. The number of nitrogens with one attached hydrogen (secondary N) is 1. The molecular formula is C23H27F3N4O3. The van der Waals surface area contributed by atoms with Crippen molar-refractivity contribution in [3.8, 4) is 0 Å². The zero-order valence-corrected chi connectivity index (χ0v) is 18.6. The summed E-state index contributed by atoms with van der Waals surface area (Å²) in [5.74, 6) is -0.432. The van der Waals surface area contributed by atoms with E-state index in [2.05, 4.69) is 15.3 Å². The van der Waals surface area contributed by atoms with Gasteiger partial charge in [0.2, 0.25) is 5.91 Å². The summed E-state index contributed by atoms with van der Waals surface area (Å²) in [6.07, 6.45) is -1.85. The number of rotatable bonds is 9. The molecule has 3 rings (SSSR count). The highest BCUT2D eigenvalue weighted by atomic mass is 19.4. The Hall–Kier alpha value is -3.01. The number of amides is 2. The number of nitrogens with zero attached hydrogens (tertiary/aromatic N) is 3. The molecule has 0 radical (unpaired) electrons. The van der Waals surface area contributed by atoms with Gasteiger partial charge in [0.1, 0.15) is 0 Å². The van der Waals surface area contributed by atoms with Crippen molar-refractivity contribution in [2.24, 2.45) is 0 Å². The van der Waals surface area contributed by atoms with Crippen LogP contribution in [0, 0.1) is 6.92 Å². The van der Waals surface area contributed by atoms with Crippen LogP contribution >= 0.6 is 0 Å². The van der Waals surface area contributed by atoms with Gasteiger partial charge in [-0.05, 0) is 43.9 Å². The van der Waals surface area contributed by atoms with E-state index >= 15 is 0 Å². The molecule has 0 saturated carbocycles. The standard InChI is InChI=1S/C23H27F3N4O3/c1-14-10-16(12-29-19(14)4-6-23(24,25)26)15(2)30-13-18-17(22(30)33)5-8-27-20(18)11-21(32)28-7-3-9-31/h5,8,10,12,15,31H,3-4,6-7,9,11,13H2,1-2H3,(H,28,32). The van der Waals surface area contributed by atoms with Gasteiger partial charge < -0.3 is 15.3 Å². The van der Waals surface area contributed by atoms with Gasteiger partial charge >= 0.3 is 6.18 Å². The first-order chi connectivity index (χ1) is 15.6. The number of carbonyl (C=O) groups is 2. The van der Waals surface area contributed by atoms with Gasteiger partial charge in [0.15, 0.2) is 0 Å². The Bertz CT molecular complexity index is 1030. The maximum absolute atomic E-state index is 13.0. The highest BCUT2D eigenvalue weighted by Crippen LogP contribution is 2.33. The molecule has 2 amide bonds. The fraction of sp³-hybridized carbons (Fsp3) is 0.478. The zero-order chi connectivity index (χ0) is 24.2. The number of hydrogen-bond donors (Lipinski definition) is 2. The van der Waals surface area contributed by atoms with Crippen LogP contribution in [0.2, 0.25) is 0 Å². The first-order valence-corrected chi connectivity index (χ1v) is 10.8. The molecule has 3 heterocycles. The number of fused-ring (bicyclic) bond motifs is 1. The molecule has 2 aromatic heterocycles. The van der Waals surface area contributed by atoms with E-state index in [9.17, 15) is 22.8 Å². The number of hydrogen-bond acceptors (Lipinski definition) is 5. The van der Waals surface area contributed by atoms with Gasteiger partial charge in [-0.2, -0.15) is 13.2 Å². The minimum Gasteiger partial charge on any atom is -0.396 e. The van der Waals surface area contributed by atoms with E-state index < -0.39 is 12.6 Å². The quantitative estimate of drug-likeness (QED) is 0.557. The van der Waals surface area contributed by atoms with Gasteiger partial charge in [0, 0.05) is 55.3 Å². The van der Waals surface area contributed by atoms with Crippen LogP contribution in [0.25, 0.3) is 0 Å². The summed E-state index contributed by atoms with van der Waals surface area (Å²) >= 11 is 0. The lowest BCUT2D eigenvalue weighted by Gasteiger charge is -2.25. The van der Waals surface area contributed by atoms with Crippen molar-refractivity contribution in [2.45, 2.75) is 58.3 Å². The van der Waals surface area contributed by atoms with Gasteiger partial charge in [-0.1, -0.05) is 6.07 Å². The van der Waals surface area contributed by atoms with Crippen molar-refractivity contribution < 1.29 is 27.9 Å². The fourth-order valence-corrected chi connectivity index (χ4v) is 3.85. The summed E-state index contributed by atoms with van der Waals surface area (Å²) in [5, 5.41) is 11.5. The summed E-state index contributed by atoms with van der Waals surface area (Å²) in [4.78, 5) is 35.4. The molecule has 10 heteroatoms. The van der Waals surface area contributed by atoms with Gasteiger partial charge in [-0.3, -0.25) is 19.6 Å². The van der Waals surface area contributed by atoms with E-state index in [-0.39, 0.29) is 43.8 Å². The number of alkyl halides is 3. The minimum atomic E-state index is -4.24. The lowest BCUT2D eigenvalue weighted by atomic mass is 10.0. The molecule has 33 heavy (non-hydrogen) atoms. The molecule has 7 nitrogen and oxygen atoms in total. The van der Waals surface area contributed by atoms with Crippen LogP contribution in [0.5, 0.6) is 0 Å². The summed E-state index contributed by atoms with van der Waals surface area (Å²) in [6, 6.07) is 3.04. The van der Waals surface area contributed by atoms with E-state index in [1.54, 1.807) is 24.0 Å². The van der Waals surface area contributed by atoms with Gasteiger partial charge in [0.05, 0.1) is 18.2 Å². The Labute approximate surface area is 190 Å². The van der Waals surface area contributed by atoms with E-state index in [0.29, 0.717) is 41.0 Å². The Morgan fingerprint density at radius 3 is 2.73 bits per heavy atom. The molecule has 1 atom stereocenters. The van der Waals surface area contributed by atoms with Crippen LogP contribution in [-0.2, 0) is 24.2 Å². The van der Waals surface area contributed by atoms with E-state index in [1.807, 2.05) is 6.92 Å². The average Bonchev–Trinajstić information content (AvgIpc) is 3.09. The smallest absolute Gasteiger partial charge is 0.389 e. The number of carbonyl (C=O) groups excluding carboxylic acids is 2. The predicted octanol–water partition coefficient (Wildman–Crippen LogP) is 3.04. The number of aliphatic hydroxyl groups excluding tert-OH is 1. The second-order valence-electron chi connectivity index (χ2n) is 8.14. The largest absolute Gasteiger partial charge is 0.396 e. The third kappa shape index (κ3) is 6.07. The van der Waals surface area contributed by atoms with Crippen LogP contribution in [0.15, 0.2) is 24.5 Å². The third-order valence-electron chi connectivity index (χ3n) is 5.75. The second kappa shape index (κ2) is 10.3. The van der Waals surface area contributed by atoms with Gasteiger partial charge in [0.25, 0.3) is 5.91 Å². The third-order valence-corrected chi connectivity index (χ3v) is 5.75. The topological polar surface area (TPSA) is 95.4 Å². The molecule has 0 bridgehead atoms. The average molecular weight is 464 g/mol. The number of aromatic nitrogens is 2. The summed E-state index contributed by atoms with van der Waals surface area (Å²) in [6.45, 7) is 4.17. The SMILES string of the molecule is Cc1cc(C(C)N2Cc3c(ccnc3CC(=O)NCCCO)C2=O)cnc1CCC(F)(F)F. The molecule has 0 spiro atoms. The van der Waals surface area contributed by atoms with Crippen LogP contribution < -0.4 is 5.32 Å². The molecule has 0 saturated heterocycles. The van der Waals surface area contributed by atoms with Crippen molar-refractivity contribution >= 4 is 11.8 Å². The Balaban J connectivity index is 1.73. The number of aliphatic hydroxyl groups is 1. The molecule has 0 aliphatic carbocycles. The first kappa shape index (κ1) is 24.6. The number of aryl methyl sites for hydroxylation is 2. The van der Waals surface area contributed by atoms with Crippen LogP contribution in [-0.4, -0.2) is 51.1 Å². The summed E-state index contributed by atoms with van der Waals surface area (Å²) in [5.41, 5.74) is 3.46. The molecule has 2 N–H and O–H groups in total. The Morgan fingerprint density at radius 1 is 1.30 bits per heavy atom. The van der Waals surface area contributed by atoms with Crippen molar-refractivity contribution in [1.82, 2.24) is 20.2 Å². The monoisotopic (exact) mass is 464 g/mol. The Kier molecular flexibility index (Phi) is 7.68. The molecule has 1 unspecified atom stereocenters. The fourth-order valence-electron chi connectivity index (χ4n) is 3.85. The van der Waals surface area contributed by atoms with E-state index in [4.69, 9.17) is 5.11 Å².